The average molecular weight is 273 g/mol. The molecular weight excluding hydrogens is 254 g/mol. The fourth-order valence-corrected chi connectivity index (χ4v) is 4.06. The Kier molecular flexibility index (Phi) is 3.03. The maximum Gasteiger partial charge on any atom is 0.244 e. The smallest absolute Gasteiger partial charge is 0.244 e. The molecule has 2 atom stereocenters. The highest BCUT2D eigenvalue weighted by Crippen LogP contribution is 2.41. The number of aromatic nitrogens is 2. The van der Waals surface area contributed by atoms with Gasteiger partial charge in [0.1, 0.15) is 4.90 Å². The van der Waals surface area contributed by atoms with Crippen LogP contribution < -0.4 is 4.72 Å². The van der Waals surface area contributed by atoms with Crippen molar-refractivity contribution in [1.82, 2.24) is 14.9 Å². The van der Waals surface area contributed by atoms with Gasteiger partial charge in [-0.3, -0.25) is 5.10 Å². The van der Waals surface area contributed by atoms with E-state index < -0.39 is 21.5 Å². The number of hydrogen-bond donors (Lipinski definition) is 3. The van der Waals surface area contributed by atoms with Crippen molar-refractivity contribution in [1.29, 1.82) is 0 Å². The number of aliphatic hydroxyl groups excluding tert-OH is 1. The van der Waals surface area contributed by atoms with Gasteiger partial charge in [-0.05, 0) is 20.3 Å². The topological polar surface area (TPSA) is 95.1 Å². The van der Waals surface area contributed by atoms with E-state index in [1.54, 1.807) is 13.8 Å². The second-order valence-corrected chi connectivity index (χ2v) is 7.16. The van der Waals surface area contributed by atoms with Crippen molar-refractivity contribution in [2.24, 2.45) is 5.41 Å². The number of hydrogen-bond acceptors (Lipinski definition) is 4. The number of aliphatic hydroxyl groups is 1. The predicted molar refractivity (Wildman–Crippen MR) is 66.6 cm³/mol. The van der Waals surface area contributed by atoms with Crippen LogP contribution in [0.1, 0.15) is 31.7 Å². The van der Waals surface area contributed by atoms with Gasteiger partial charge in [0.25, 0.3) is 0 Å². The maximum absolute atomic E-state index is 12.3. The molecule has 3 N–H and O–H groups in total. The van der Waals surface area contributed by atoms with Crippen LogP contribution in [0.4, 0.5) is 0 Å². The molecule has 2 unspecified atom stereocenters. The first-order valence-electron chi connectivity index (χ1n) is 5.88. The summed E-state index contributed by atoms with van der Waals surface area (Å²) in [6.07, 6.45) is -0.0147. The molecule has 1 aliphatic carbocycles. The van der Waals surface area contributed by atoms with Gasteiger partial charge in [-0.15, -0.1) is 0 Å². The third-order valence-electron chi connectivity index (χ3n) is 3.84. The molecule has 18 heavy (non-hydrogen) atoms. The highest BCUT2D eigenvalue weighted by Gasteiger charge is 2.49. The van der Waals surface area contributed by atoms with Crippen molar-refractivity contribution < 1.29 is 13.5 Å². The minimum absolute atomic E-state index is 0.208. The maximum atomic E-state index is 12.3. The number of nitrogens with zero attached hydrogens (tertiary/aromatic N) is 1. The van der Waals surface area contributed by atoms with E-state index in [-0.39, 0.29) is 10.9 Å². The number of nitrogens with one attached hydrogen (secondary N) is 2. The Morgan fingerprint density at radius 2 is 2.06 bits per heavy atom. The summed E-state index contributed by atoms with van der Waals surface area (Å²) in [6.45, 7) is 7.03. The molecule has 1 aromatic heterocycles. The SMILES string of the molecule is Cc1n[nH]c(C)c1S(=O)(=O)NC1CC(O)C1(C)C. The van der Waals surface area contributed by atoms with Crippen LogP contribution in [0.15, 0.2) is 4.90 Å². The highest BCUT2D eigenvalue weighted by atomic mass is 32.2. The Bertz CT molecular complexity index is 543. The third-order valence-corrected chi connectivity index (χ3v) is 5.58. The van der Waals surface area contributed by atoms with E-state index in [9.17, 15) is 13.5 Å². The average Bonchev–Trinajstić information content (AvgIpc) is 2.58. The number of H-pyrrole nitrogens is 1. The van der Waals surface area contributed by atoms with Crippen molar-refractivity contribution in [3.63, 3.8) is 0 Å². The minimum Gasteiger partial charge on any atom is -0.392 e. The lowest BCUT2D eigenvalue weighted by atomic mass is 9.65. The van der Waals surface area contributed by atoms with E-state index >= 15 is 0 Å². The van der Waals surface area contributed by atoms with Gasteiger partial charge in [-0.2, -0.15) is 5.10 Å². The first kappa shape index (κ1) is 13.5. The molecule has 102 valence electrons. The van der Waals surface area contributed by atoms with Crippen molar-refractivity contribution in [2.45, 2.75) is 51.2 Å². The van der Waals surface area contributed by atoms with Crippen LogP contribution in [-0.2, 0) is 10.0 Å². The Morgan fingerprint density at radius 3 is 2.44 bits per heavy atom. The van der Waals surface area contributed by atoms with E-state index in [2.05, 4.69) is 14.9 Å². The molecule has 0 saturated heterocycles. The van der Waals surface area contributed by atoms with Crippen LogP contribution in [0.5, 0.6) is 0 Å². The number of rotatable bonds is 3. The van der Waals surface area contributed by atoms with E-state index in [0.717, 1.165) is 0 Å². The zero-order valence-corrected chi connectivity index (χ0v) is 11.8. The molecule has 0 aromatic carbocycles. The monoisotopic (exact) mass is 273 g/mol. The largest absolute Gasteiger partial charge is 0.392 e. The molecule has 0 spiro atoms. The standard InChI is InChI=1S/C11H19N3O3S/c1-6-10(7(2)13-12-6)18(16,17)14-8-5-9(15)11(8,3)4/h8-9,14-15H,5H2,1-4H3,(H,12,13). The highest BCUT2D eigenvalue weighted by molar-refractivity contribution is 7.89. The lowest BCUT2D eigenvalue weighted by Crippen LogP contribution is -2.61. The Morgan fingerprint density at radius 1 is 1.44 bits per heavy atom. The Labute approximate surface area is 107 Å². The van der Waals surface area contributed by atoms with Crippen molar-refractivity contribution >= 4 is 10.0 Å². The summed E-state index contributed by atoms with van der Waals surface area (Å²) < 4.78 is 27.2. The number of sulfonamides is 1. The normalized spacial score (nSPS) is 26.9. The lowest BCUT2D eigenvalue weighted by Gasteiger charge is -2.49. The summed E-state index contributed by atoms with van der Waals surface area (Å²) in [7, 11) is -3.59. The fourth-order valence-electron chi connectivity index (χ4n) is 2.29. The van der Waals surface area contributed by atoms with E-state index in [4.69, 9.17) is 0 Å². The van der Waals surface area contributed by atoms with Gasteiger partial charge >= 0.3 is 0 Å². The molecule has 7 heteroatoms. The van der Waals surface area contributed by atoms with Crippen molar-refractivity contribution in [3.8, 4) is 0 Å². The summed E-state index contributed by atoms with van der Waals surface area (Å²) in [5, 5.41) is 16.2. The Balaban J connectivity index is 2.25. The summed E-state index contributed by atoms with van der Waals surface area (Å²) in [5.41, 5.74) is 0.550. The molecule has 6 nitrogen and oxygen atoms in total. The molecule has 1 aliphatic rings. The zero-order valence-electron chi connectivity index (χ0n) is 11.0. The first-order valence-corrected chi connectivity index (χ1v) is 7.36. The predicted octanol–water partition coefficient (Wildman–Crippen LogP) is 0.464. The van der Waals surface area contributed by atoms with E-state index in [0.29, 0.717) is 17.8 Å². The van der Waals surface area contributed by atoms with Crippen LogP contribution in [-0.4, -0.2) is 35.9 Å². The Hall–Kier alpha value is -0.920. The van der Waals surface area contributed by atoms with Gasteiger partial charge in [0.05, 0.1) is 17.5 Å². The summed E-state index contributed by atoms with van der Waals surface area (Å²) in [4.78, 5) is 0.208. The van der Waals surface area contributed by atoms with Crippen LogP contribution >= 0.6 is 0 Å². The second-order valence-electron chi connectivity index (χ2n) is 5.51. The van der Waals surface area contributed by atoms with Gasteiger partial charge in [-0.25, -0.2) is 13.1 Å². The second kappa shape index (κ2) is 4.04. The number of aryl methyl sites for hydroxylation is 2. The fraction of sp³-hybridized carbons (Fsp3) is 0.727. The molecule has 1 heterocycles. The van der Waals surface area contributed by atoms with Crippen LogP contribution in [0, 0.1) is 19.3 Å². The zero-order chi connectivity index (χ0) is 13.7. The van der Waals surface area contributed by atoms with Gasteiger partial charge in [0, 0.05) is 11.5 Å². The van der Waals surface area contributed by atoms with Crippen molar-refractivity contribution in [3.05, 3.63) is 11.4 Å². The molecule has 0 radical (unpaired) electrons. The van der Waals surface area contributed by atoms with Gasteiger partial charge in [0.2, 0.25) is 10.0 Å². The van der Waals surface area contributed by atoms with Crippen LogP contribution in [0.25, 0.3) is 0 Å². The molecular formula is C11H19N3O3S. The molecule has 1 fully saturated rings. The summed E-state index contributed by atoms with van der Waals surface area (Å²) in [6, 6.07) is -0.244. The lowest BCUT2D eigenvalue weighted by molar-refractivity contribution is -0.0645. The molecule has 1 aromatic rings. The number of aromatic amines is 1. The van der Waals surface area contributed by atoms with E-state index in [1.807, 2.05) is 13.8 Å². The molecule has 0 bridgehead atoms. The minimum atomic E-state index is -3.59. The van der Waals surface area contributed by atoms with Gasteiger partial charge < -0.3 is 5.11 Å². The van der Waals surface area contributed by atoms with Crippen LogP contribution in [0.2, 0.25) is 0 Å². The van der Waals surface area contributed by atoms with Gasteiger partial charge in [-0.1, -0.05) is 13.8 Å². The van der Waals surface area contributed by atoms with Crippen molar-refractivity contribution in [2.75, 3.05) is 0 Å². The molecule has 1 saturated carbocycles. The van der Waals surface area contributed by atoms with Gasteiger partial charge in [0.15, 0.2) is 0 Å². The molecule has 0 amide bonds. The first-order chi connectivity index (χ1) is 8.16. The summed E-state index contributed by atoms with van der Waals surface area (Å²) >= 11 is 0. The van der Waals surface area contributed by atoms with E-state index in [1.165, 1.54) is 0 Å². The quantitative estimate of drug-likeness (QED) is 0.746. The van der Waals surface area contributed by atoms with Crippen LogP contribution in [0.3, 0.4) is 0 Å². The molecule has 2 rings (SSSR count). The third kappa shape index (κ3) is 1.96. The molecule has 0 aliphatic heterocycles. The summed E-state index contributed by atoms with van der Waals surface area (Å²) in [5.74, 6) is 0.